The molecule has 0 N–H and O–H groups in total. The van der Waals surface area contributed by atoms with E-state index in [0.29, 0.717) is 21.2 Å². The van der Waals surface area contributed by atoms with Crippen molar-refractivity contribution in [3.63, 3.8) is 0 Å². The van der Waals surface area contributed by atoms with Gasteiger partial charge < -0.3 is 4.74 Å². The summed E-state index contributed by atoms with van der Waals surface area (Å²) in [7, 11) is 0. The summed E-state index contributed by atoms with van der Waals surface area (Å²) < 4.78 is 5.55. The molecule has 3 rings (SSSR count). The summed E-state index contributed by atoms with van der Waals surface area (Å²) in [5.74, 6) is -0.0314. The molecule has 2 nitrogen and oxygen atoms in total. The van der Waals surface area contributed by atoms with Crippen molar-refractivity contribution < 1.29 is 9.53 Å². The smallest absolute Gasteiger partial charge is 0.189 e. The largest absolute Gasteiger partial charge is 0.372 e. The van der Waals surface area contributed by atoms with Crippen molar-refractivity contribution in [2.45, 2.75) is 0 Å². The molecule has 116 valence electrons. The van der Waals surface area contributed by atoms with Crippen LogP contribution in [0.15, 0.2) is 59.7 Å². The maximum absolute atomic E-state index is 12.7. The van der Waals surface area contributed by atoms with E-state index >= 15 is 0 Å². The lowest BCUT2D eigenvalue weighted by Gasteiger charge is -2.17. The Morgan fingerprint density at radius 2 is 1.22 bits per heavy atom. The van der Waals surface area contributed by atoms with Gasteiger partial charge in [0, 0.05) is 21.2 Å². The predicted octanol–water partition coefficient (Wildman–Crippen LogP) is 5.06. The molecule has 0 aliphatic carbocycles. The Labute approximate surface area is 145 Å². The van der Waals surface area contributed by atoms with E-state index in [1.54, 1.807) is 24.3 Å². The van der Waals surface area contributed by atoms with E-state index < -0.39 is 0 Å². The summed E-state index contributed by atoms with van der Waals surface area (Å²) in [4.78, 5) is 12.7. The van der Waals surface area contributed by atoms with Crippen LogP contribution in [0.25, 0.3) is 12.2 Å². The van der Waals surface area contributed by atoms with Crippen LogP contribution >= 0.6 is 23.2 Å². The highest BCUT2D eigenvalue weighted by Gasteiger charge is 2.21. The lowest BCUT2D eigenvalue weighted by Crippen LogP contribution is -2.21. The highest BCUT2D eigenvalue weighted by Crippen LogP contribution is 2.25. The van der Waals surface area contributed by atoms with Gasteiger partial charge in [0.1, 0.15) is 0 Å². The third-order valence-corrected chi connectivity index (χ3v) is 4.26. The Hall–Kier alpha value is -1.87. The van der Waals surface area contributed by atoms with Crippen LogP contribution in [0.3, 0.4) is 0 Å². The van der Waals surface area contributed by atoms with E-state index in [1.807, 2.05) is 36.4 Å². The van der Waals surface area contributed by atoms with Crippen LogP contribution < -0.4 is 0 Å². The summed E-state index contributed by atoms with van der Waals surface area (Å²) in [5, 5.41) is 1.21. The average molecular weight is 345 g/mol. The zero-order valence-electron chi connectivity index (χ0n) is 12.3. The molecule has 1 aliphatic heterocycles. The van der Waals surface area contributed by atoms with E-state index in [0.717, 1.165) is 11.1 Å². The molecule has 0 aromatic heterocycles. The number of carbonyl (C=O) groups excluding carboxylic acids is 1. The van der Waals surface area contributed by atoms with Crippen LogP contribution in [-0.4, -0.2) is 19.0 Å². The molecule has 1 saturated heterocycles. The Kier molecular flexibility index (Phi) is 4.97. The van der Waals surface area contributed by atoms with Gasteiger partial charge in [0.25, 0.3) is 0 Å². The van der Waals surface area contributed by atoms with Crippen molar-refractivity contribution >= 4 is 41.1 Å². The molecule has 1 aliphatic rings. The summed E-state index contributed by atoms with van der Waals surface area (Å²) in [6.45, 7) is 0.563. The lowest BCUT2D eigenvalue weighted by atomic mass is 9.98. The molecule has 1 fully saturated rings. The molecule has 4 heteroatoms. The highest BCUT2D eigenvalue weighted by molar-refractivity contribution is 6.33. The van der Waals surface area contributed by atoms with Crippen molar-refractivity contribution in [2.75, 3.05) is 13.2 Å². The molecule has 2 aromatic rings. The maximum Gasteiger partial charge on any atom is 0.189 e. The van der Waals surface area contributed by atoms with Crippen LogP contribution in [0, 0.1) is 0 Å². The minimum atomic E-state index is -0.0314. The fourth-order valence-corrected chi connectivity index (χ4v) is 2.76. The van der Waals surface area contributed by atoms with E-state index in [1.165, 1.54) is 0 Å². The normalized spacial score (nSPS) is 18.6. The highest BCUT2D eigenvalue weighted by atomic mass is 35.5. The Morgan fingerprint density at radius 3 is 1.65 bits per heavy atom. The molecule has 0 amide bonds. The SMILES string of the molecule is O=C1C(=Cc2ccccc2Cl)COCC1=Cc1ccccc1Cl. The third kappa shape index (κ3) is 3.73. The second-order valence-electron chi connectivity index (χ2n) is 5.20. The van der Waals surface area contributed by atoms with Crippen molar-refractivity contribution in [1.29, 1.82) is 0 Å². The molecule has 0 atom stereocenters. The third-order valence-electron chi connectivity index (χ3n) is 3.57. The Morgan fingerprint density at radius 1 is 0.783 bits per heavy atom. The molecule has 0 unspecified atom stereocenters. The van der Waals surface area contributed by atoms with Gasteiger partial charge in [0.15, 0.2) is 5.78 Å². The molecule has 23 heavy (non-hydrogen) atoms. The van der Waals surface area contributed by atoms with Crippen molar-refractivity contribution in [2.24, 2.45) is 0 Å². The van der Waals surface area contributed by atoms with E-state index in [-0.39, 0.29) is 19.0 Å². The summed E-state index contributed by atoms with van der Waals surface area (Å²) >= 11 is 12.3. The van der Waals surface area contributed by atoms with E-state index in [2.05, 4.69) is 0 Å². The van der Waals surface area contributed by atoms with Crippen LogP contribution in [-0.2, 0) is 9.53 Å². The summed E-state index contributed by atoms with van der Waals surface area (Å²) in [5.41, 5.74) is 2.78. The van der Waals surface area contributed by atoms with Crippen LogP contribution in [0.4, 0.5) is 0 Å². The van der Waals surface area contributed by atoms with Gasteiger partial charge >= 0.3 is 0 Å². The average Bonchev–Trinajstić information content (AvgIpc) is 2.55. The number of halogens is 2. The van der Waals surface area contributed by atoms with Crippen LogP contribution in [0.1, 0.15) is 11.1 Å². The molecule has 0 bridgehead atoms. The zero-order chi connectivity index (χ0) is 16.2. The van der Waals surface area contributed by atoms with Gasteiger partial charge in [-0.15, -0.1) is 0 Å². The van der Waals surface area contributed by atoms with Gasteiger partial charge in [-0.05, 0) is 35.4 Å². The first-order valence-electron chi connectivity index (χ1n) is 7.18. The second kappa shape index (κ2) is 7.14. The number of rotatable bonds is 2. The molecule has 0 spiro atoms. The molecule has 2 aromatic carbocycles. The quantitative estimate of drug-likeness (QED) is 0.711. The van der Waals surface area contributed by atoms with Gasteiger partial charge in [-0.2, -0.15) is 0 Å². The first-order valence-corrected chi connectivity index (χ1v) is 7.93. The van der Waals surface area contributed by atoms with Gasteiger partial charge in [-0.25, -0.2) is 0 Å². The second-order valence-corrected chi connectivity index (χ2v) is 6.02. The van der Waals surface area contributed by atoms with Crippen LogP contribution in [0.5, 0.6) is 0 Å². The Bertz CT molecular complexity index is 741. The number of ether oxygens (including phenoxy) is 1. The van der Waals surface area contributed by atoms with E-state index in [9.17, 15) is 4.79 Å². The fourth-order valence-electron chi connectivity index (χ4n) is 2.38. The molecular formula is C19H14Cl2O2. The standard InChI is InChI=1S/C19H14Cl2O2/c20-17-7-3-1-5-13(17)9-15-11-23-12-16(19(15)22)10-14-6-2-4-8-18(14)21/h1-10H,11-12H2. The van der Waals surface area contributed by atoms with Gasteiger partial charge in [-0.3, -0.25) is 4.79 Å². The minimum absolute atomic E-state index is 0.0314. The Balaban J connectivity index is 1.93. The predicted molar refractivity (Wildman–Crippen MR) is 94.7 cm³/mol. The number of hydrogen-bond donors (Lipinski definition) is 0. The molecule has 1 heterocycles. The zero-order valence-corrected chi connectivity index (χ0v) is 13.8. The first kappa shape index (κ1) is 16.0. The number of ketones is 1. The molecular weight excluding hydrogens is 331 g/mol. The maximum atomic E-state index is 12.7. The minimum Gasteiger partial charge on any atom is -0.372 e. The number of carbonyl (C=O) groups is 1. The lowest BCUT2D eigenvalue weighted by molar-refractivity contribution is -0.114. The number of benzene rings is 2. The van der Waals surface area contributed by atoms with Gasteiger partial charge in [-0.1, -0.05) is 59.6 Å². The monoisotopic (exact) mass is 344 g/mol. The van der Waals surface area contributed by atoms with Crippen molar-refractivity contribution in [3.8, 4) is 0 Å². The first-order chi connectivity index (χ1) is 11.1. The number of Topliss-reactive ketones (excluding diaryl/α,β-unsaturated/α-hetero) is 1. The molecule has 0 saturated carbocycles. The van der Waals surface area contributed by atoms with Gasteiger partial charge in [0.2, 0.25) is 0 Å². The van der Waals surface area contributed by atoms with Crippen molar-refractivity contribution in [3.05, 3.63) is 80.8 Å². The van der Waals surface area contributed by atoms with Gasteiger partial charge in [0.05, 0.1) is 13.2 Å². The topological polar surface area (TPSA) is 26.3 Å². The van der Waals surface area contributed by atoms with E-state index in [4.69, 9.17) is 27.9 Å². The van der Waals surface area contributed by atoms with Crippen molar-refractivity contribution in [1.82, 2.24) is 0 Å². The summed E-state index contributed by atoms with van der Waals surface area (Å²) in [6, 6.07) is 14.8. The molecule has 0 radical (unpaired) electrons. The van der Waals surface area contributed by atoms with Crippen LogP contribution in [0.2, 0.25) is 10.0 Å². The summed E-state index contributed by atoms with van der Waals surface area (Å²) in [6.07, 6.45) is 3.56. The number of hydrogen-bond acceptors (Lipinski definition) is 2. The fraction of sp³-hybridized carbons (Fsp3) is 0.105.